The lowest BCUT2D eigenvalue weighted by atomic mass is 9.93. The molecule has 3 atom stereocenters. The number of rotatable bonds is 3. The maximum Gasteiger partial charge on any atom is 0.416 e. The van der Waals surface area contributed by atoms with Gasteiger partial charge in [0.25, 0.3) is 0 Å². The Hall–Kier alpha value is -2.61. The predicted octanol–water partition coefficient (Wildman–Crippen LogP) is 3.83. The van der Waals surface area contributed by atoms with Gasteiger partial charge in [0, 0.05) is 36.8 Å². The summed E-state index contributed by atoms with van der Waals surface area (Å²) in [5, 5.41) is 0. The van der Waals surface area contributed by atoms with Crippen molar-refractivity contribution in [3.8, 4) is 0 Å². The van der Waals surface area contributed by atoms with Gasteiger partial charge in [-0.3, -0.25) is 4.79 Å². The van der Waals surface area contributed by atoms with Crippen molar-refractivity contribution >= 4 is 17.4 Å². The number of halogens is 3. The second kappa shape index (κ2) is 7.58. The molecule has 2 aliphatic heterocycles. The van der Waals surface area contributed by atoms with Gasteiger partial charge in [0.15, 0.2) is 0 Å². The smallest absolute Gasteiger partial charge is 0.381 e. The van der Waals surface area contributed by atoms with E-state index >= 15 is 0 Å². The number of carbonyl (C=O) groups is 1. The molecule has 5 nitrogen and oxygen atoms in total. The van der Waals surface area contributed by atoms with Crippen LogP contribution in [0.1, 0.15) is 16.8 Å². The molecule has 30 heavy (non-hydrogen) atoms. The normalized spacial score (nSPS) is 23.5. The van der Waals surface area contributed by atoms with Crippen molar-refractivity contribution in [2.75, 3.05) is 36.6 Å². The highest BCUT2D eigenvalue weighted by Gasteiger charge is 2.50. The van der Waals surface area contributed by atoms with Gasteiger partial charge in [-0.2, -0.15) is 13.2 Å². The molecule has 2 saturated heterocycles. The number of pyridine rings is 1. The number of aryl methyl sites for hydroxylation is 2. The van der Waals surface area contributed by atoms with Crippen LogP contribution in [0, 0.1) is 25.7 Å². The first-order valence-corrected chi connectivity index (χ1v) is 9.89. The Morgan fingerprint density at radius 1 is 1.20 bits per heavy atom. The number of carbonyl (C=O) groups excluding carboxylic acids is 1. The maximum absolute atomic E-state index is 13.5. The van der Waals surface area contributed by atoms with E-state index in [1.165, 1.54) is 6.92 Å². The number of benzene rings is 1. The van der Waals surface area contributed by atoms with Crippen molar-refractivity contribution in [2.24, 2.45) is 11.8 Å². The number of fused-ring (bicyclic) bond motifs is 1. The van der Waals surface area contributed by atoms with Crippen LogP contribution < -0.4 is 9.80 Å². The third kappa shape index (κ3) is 3.76. The second-order valence-electron chi connectivity index (χ2n) is 8.15. The van der Waals surface area contributed by atoms with Crippen molar-refractivity contribution in [1.29, 1.82) is 0 Å². The Morgan fingerprint density at radius 2 is 1.97 bits per heavy atom. The lowest BCUT2D eigenvalue weighted by Crippen LogP contribution is -2.48. The van der Waals surface area contributed by atoms with E-state index in [0.717, 1.165) is 23.4 Å². The van der Waals surface area contributed by atoms with Crippen LogP contribution in [0.4, 0.5) is 24.7 Å². The van der Waals surface area contributed by atoms with Crippen LogP contribution in [0.15, 0.2) is 36.4 Å². The molecule has 2 aliphatic rings. The predicted molar refractivity (Wildman–Crippen MR) is 107 cm³/mol. The molecule has 1 aromatic carbocycles. The molecular weight excluding hydrogens is 395 g/mol. The third-order valence-electron chi connectivity index (χ3n) is 5.95. The molecule has 2 fully saturated rings. The van der Waals surface area contributed by atoms with Crippen LogP contribution >= 0.6 is 0 Å². The number of nitrogens with zero attached hydrogens (tertiary/aromatic N) is 3. The Kier molecular flexibility index (Phi) is 5.22. The summed E-state index contributed by atoms with van der Waals surface area (Å²) in [6.45, 7) is 4.83. The zero-order chi connectivity index (χ0) is 21.6. The zero-order valence-electron chi connectivity index (χ0n) is 17.1. The molecule has 8 heteroatoms. The van der Waals surface area contributed by atoms with Crippen LogP contribution in [0.2, 0.25) is 0 Å². The van der Waals surface area contributed by atoms with Gasteiger partial charge < -0.3 is 14.5 Å². The quantitative estimate of drug-likeness (QED) is 0.759. The topological polar surface area (TPSA) is 45.7 Å². The Balaban J connectivity index is 1.71. The first kappa shape index (κ1) is 20.7. The Labute approximate surface area is 173 Å². The summed E-state index contributed by atoms with van der Waals surface area (Å²) in [7, 11) is 1.70. The van der Waals surface area contributed by atoms with Crippen LogP contribution in [0.25, 0.3) is 0 Å². The fraction of sp³-hybridized carbons (Fsp3) is 0.455. The first-order valence-electron chi connectivity index (χ1n) is 9.89. The van der Waals surface area contributed by atoms with E-state index in [1.54, 1.807) is 16.8 Å². The van der Waals surface area contributed by atoms with E-state index in [9.17, 15) is 18.0 Å². The number of alkyl halides is 3. The van der Waals surface area contributed by atoms with E-state index < -0.39 is 17.8 Å². The molecule has 4 rings (SSSR count). The molecule has 0 aliphatic carbocycles. The molecule has 3 heterocycles. The van der Waals surface area contributed by atoms with E-state index in [1.807, 2.05) is 31.2 Å². The average molecular weight is 419 g/mol. The summed E-state index contributed by atoms with van der Waals surface area (Å²) >= 11 is 0. The minimum Gasteiger partial charge on any atom is -0.381 e. The summed E-state index contributed by atoms with van der Waals surface area (Å²) < 4.78 is 45.7. The van der Waals surface area contributed by atoms with Crippen LogP contribution in [0.5, 0.6) is 0 Å². The Bertz CT molecular complexity index is 963. The number of ether oxygens (including phenoxy) is 1. The van der Waals surface area contributed by atoms with E-state index in [4.69, 9.17) is 4.74 Å². The molecule has 160 valence electrons. The number of likely N-dealkylation sites (N-methyl/N-ethyl adjacent to an activating group) is 1. The monoisotopic (exact) mass is 419 g/mol. The van der Waals surface area contributed by atoms with Crippen molar-refractivity contribution in [3.05, 3.63) is 53.2 Å². The van der Waals surface area contributed by atoms with E-state index in [-0.39, 0.29) is 29.3 Å². The van der Waals surface area contributed by atoms with Gasteiger partial charge in [-0.1, -0.05) is 12.1 Å². The third-order valence-corrected chi connectivity index (χ3v) is 5.95. The maximum atomic E-state index is 13.5. The van der Waals surface area contributed by atoms with Gasteiger partial charge in [0.2, 0.25) is 5.91 Å². The number of amides is 1. The Morgan fingerprint density at radius 3 is 2.67 bits per heavy atom. The molecule has 0 bridgehead atoms. The summed E-state index contributed by atoms with van der Waals surface area (Å²) in [6.07, 6.45) is -4.47. The highest BCUT2D eigenvalue weighted by molar-refractivity contribution is 5.99. The standard InChI is InChI=1S/C22H24F3N3O2/c1-13-5-4-6-17(7-13)27(3)21(29)20-18-12-30-11-15(18)10-28(20)19-9-16(22(23,24)25)8-14(2)26-19/h4-9,15,18,20H,10-12H2,1-3H3. The van der Waals surface area contributed by atoms with Crippen molar-refractivity contribution in [3.63, 3.8) is 0 Å². The van der Waals surface area contributed by atoms with Gasteiger partial charge in [0.1, 0.15) is 11.9 Å². The summed E-state index contributed by atoms with van der Waals surface area (Å²) in [4.78, 5) is 21.2. The number of hydrogen-bond acceptors (Lipinski definition) is 4. The molecule has 0 radical (unpaired) electrons. The largest absolute Gasteiger partial charge is 0.416 e. The number of hydrogen-bond donors (Lipinski definition) is 0. The molecular formula is C22H24F3N3O2. The van der Waals surface area contributed by atoms with E-state index in [2.05, 4.69) is 4.98 Å². The number of anilines is 2. The molecule has 0 spiro atoms. The molecule has 0 saturated carbocycles. The zero-order valence-corrected chi connectivity index (χ0v) is 17.1. The van der Waals surface area contributed by atoms with Crippen LogP contribution in [0.3, 0.4) is 0 Å². The first-order chi connectivity index (χ1) is 14.1. The van der Waals surface area contributed by atoms with Crippen LogP contribution in [-0.4, -0.2) is 43.7 Å². The van der Waals surface area contributed by atoms with Gasteiger partial charge in [-0.15, -0.1) is 0 Å². The van der Waals surface area contributed by atoms with Gasteiger partial charge in [0.05, 0.1) is 18.8 Å². The fourth-order valence-corrected chi connectivity index (χ4v) is 4.43. The average Bonchev–Trinajstić information content (AvgIpc) is 3.26. The molecule has 1 amide bonds. The molecule has 2 aromatic rings. The van der Waals surface area contributed by atoms with Gasteiger partial charge in [-0.05, 0) is 43.7 Å². The van der Waals surface area contributed by atoms with Crippen LogP contribution in [-0.2, 0) is 15.7 Å². The van der Waals surface area contributed by atoms with Crippen molar-refractivity contribution in [2.45, 2.75) is 26.1 Å². The fourth-order valence-electron chi connectivity index (χ4n) is 4.43. The lowest BCUT2D eigenvalue weighted by Gasteiger charge is -2.31. The van der Waals surface area contributed by atoms with E-state index in [0.29, 0.717) is 19.8 Å². The lowest BCUT2D eigenvalue weighted by molar-refractivity contribution is -0.137. The summed E-state index contributed by atoms with van der Waals surface area (Å²) in [6, 6.07) is 9.02. The highest BCUT2D eigenvalue weighted by atomic mass is 19.4. The van der Waals surface area contributed by atoms with Crippen molar-refractivity contribution < 1.29 is 22.7 Å². The summed E-state index contributed by atoms with van der Waals surface area (Å²) in [5.74, 6) is 0.0195. The van der Waals surface area contributed by atoms with Gasteiger partial charge in [-0.25, -0.2) is 4.98 Å². The second-order valence-corrected chi connectivity index (χ2v) is 8.15. The van der Waals surface area contributed by atoms with Gasteiger partial charge >= 0.3 is 6.18 Å². The number of aromatic nitrogens is 1. The highest BCUT2D eigenvalue weighted by Crippen LogP contribution is 2.40. The molecule has 3 unspecified atom stereocenters. The minimum absolute atomic E-state index is 0.0820. The molecule has 0 N–H and O–H groups in total. The molecule has 1 aromatic heterocycles. The SMILES string of the molecule is Cc1cccc(N(C)C(=O)C2C3COCC3CN2c2cc(C(F)(F)F)cc(C)n2)c1. The van der Waals surface area contributed by atoms with Crippen molar-refractivity contribution in [1.82, 2.24) is 4.98 Å². The minimum atomic E-state index is -4.47. The summed E-state index contributed by atoms with van der Waals surface area (Å²) in [5.41, 5.74) is 1.28.